The number of hydrogen-bond donors (Lipinski definition) is 3. The third-order valence-corrected chi connectivity index (χ3v) is 4.32. The predicted molar refractivity (Wildman–Crippen MR) is 67.2 cm³/mol. The van der Waals surface area contributed by atoms with Crippen molar-refractivity contribution >= 4 is 10.1 Å². The molecular weight excluding hydrogens is 288 g/mol. The second kappa shape index (κ2) is 5.76. The van der Waals surface area contributed by atoms with Crippen molar-refractivity contribution in [3.63, 3.8) is 0 Å². The van der Waals surface area contributed by atoms with Crippen molar-refractivity contribution in [2.24, 2.45) is 0 Å². The fourth-order valence-corrected chi connectivity index (χ4v) is 2.87. The van der Waals surface area contributed by atoms with Gasteiger partial charge in [0.05, 0.1) is 11.5 Å². The molecule has 1 aliphatic heterocycles. The molecule has 112 valence electrons. The van der Waals surface area contributed by atoms with E-state index in [4.69, 9.17) is 8.92 Å². The molecule has 20 heavy (non-hydrogen) atoms. The number of ether oxygens (including phenoxy) is 1. The van der Waals surface area contributed by atoms with Gasteiger partial charge in [0, 0.05) is 0 Å². The highest BCUT2D eigenvalue weighted by Crippen LogP contribution is 2.22. The average molecular weight is 304 g/mol. The summed E-state index contributed by atoms with van der Waals surface area (Å²) in [6, 6.07) is 5.89. The second-order valence-corrected chi connectivity index (χ2v) is 6.18. The third-order valence-electron chi connectivity index (χ3n) is 3.00. The molecule has 0 bridgehead atoms. The Balaban J connectivity index is 2.20. The fraction of sp³-hybridized carbons (Fsp3) is 0.500. The minimum atomic E-state index is -4.18. The molecule has 3 N–H and O–H groups in total. The normalized spacial score (nSPS) is 31.2. The maximum atomic E-state index is 12.0. The van der Waals surface area contributed by atoms with Crippen LogP contribution in [0.1, 0.15) is 5.56 Å². The van der Waals surface area contributed by atoms with Gasteiger partial charge in [0.25, 0.3) is 10.1 Å². The summed E-state index contributed by atoms with van der Waals surface area (Å²) in [5.74, 6) is 0. The number of aryl methyl sites for hydroxylation is 1. The lowest BCUT2D eigenvalue weighted by Gasteiger charge is -2.34. The molecule has 1 aliphatic rings. The molecule has 0 amide bonds. The summed E-state index contributed by atoms with van der Waals surface area (Å²) >= 11 is 0. The molecule has 2 rings (SSSR count). The predicted octanol–water partition coefficient (Wildman–Crippen LogP) is -0.861. The van der Waals surface area contributed by atoms with Crippen molar-refractivity contribution in [1.82, 2.24) is 0 Å². The molecule has 1 aromatic carbocycles. The molecule has 0 aromatic heterocycles. The Morgan fingerprint density at radius 1 is 1.20 bits per heavy atom. The molecule has 1 fully saturated rings. The van der Waals surface area contributed by atoms with E-state index in [0.717, 1.165) is 5.56 Å². The van der Waals surface area contributed by atoms with Gasteiger partial charge < -0.3 is 20.1 Å². The van der Waals surface area contributed by atoms with Crippen LogP contribution in [-0.4, -0.2) is 54.9 Å². The van der Waals surface area contributed by atoms with Gasteiger partial charge in [-0.1, -0.05) is 17.7 Å². The molecule has 4 atom stereocenters. The van der Waals surface area contributed by atoms with E-state index in [0.29, 0.717) is 0 Å². The van der Waals surface area contributed by atoms with Gasteiger partial charge in [-0.25, -0.2) is 0 Å². The summed E-state index contributed by atoms with van der Waals surface area (Å²) in [4.78, 5) is -0.109. The Morgan fingerprint density at radius 3 is 2.40 bits per heavy atom. The van der Waals surface area contributed by atoms with Gasteiger partial charge in [0.2, 0.25) is 0 Å². The highest BCUT2D eigenvalue weighted by molar-refractivity contribution is 7.86. The molecule has 0 unspecified atom stereocenters. The minimum Gasteiger partial charge on any atom is -0.388 e. The molecule has 1 aromatic rings. The van der Waals surface area contributed by atoms with E-state index in [2.05, 4.69) is 0 Å². The standard InChI is InChI=1S/C12H16O7S/c1-7-2-4-8(5-3-7)20(16,17)19-11-10(14)9(13)6-18-12(11)15/h2-5,9-15H,6H2,1H3/t9-,10-,11-,12+/m0/s1. The smallest absolute Gasteiger partial charge is 0.297 e. The van der Waals surface area contributed by atoms with Crippen molar-refractivity contribution in [2.75, 3.05) is 6.61 Å². The zero-order valence-electron chi connectivity index (χ0n) is 10.7. The van der Waals surface area contributed by atoms with Crippen LogP contribution < -0.4 is 0 Å². The molecule has 0 aliphatic carbocycles. The van der Waals surface area contributed by atoms with Crippen LogP contribution in [0.15, 0.2) is 29.2 Å². The van der Waals surface area contributed by atoms with E-state index >= 15 is 0 Å². The van der Waals surface area contributed by atoms with E-state index in [1.165, 1.54) is 12.1 Å². The molecule has 7 nitrogen and oxygen atoms in total. The summed E-state index contributed by atoms with van der Waals surface area (Å²) in [6.07, 6.45) is -6.09. The summed E-state index contributed by atoms with van der Waals surface area (Å²) in [5, 5.41) is 28.6. The van der Waals surface area contributed by atoms with Crippen LogP contribution in [0, 0.1) is 6.92 Å². The van der Waals surface area contributed by atoms with Crippen LogP contribution >= 0.6 is 0 Å². The van der Waals surface area contributed by atoms with Gasteiger partial charge in [-0.2, -0.15) is 8.42 Å². The Labute approximate surface area is 116 Å². The summed E-state index contributed by atoms with van der Waals surface area (Å²) in [6.45, 7) is 1.50. The Kier molecular flexibility index (Phi) is 4.43. The average Bonchev–Trinajstić information content (AvgIpc) is 2.40. The topological polar surface area (TPSA) is 113 Å². The Morgan fingerprint density at radius 2 is 1.80 bits per heavy atom. The number of aliphatic hydroxyl groups is 3. The van der Waals surface area contributed by atoms with E-state index in [1.807, 2.05) is 0 Å². The lowest BCUT2D eigenvalue weighted by molar-refractivity contribution is -0.244. The first-order chi connectivity index (χ1) is 9.31. The summed E-state index contributed by atoms with van der Waals surface area (Å²) in [7, 11) is -4.18. The quantitative estimate of drug-likeness (QED) is 0.623. The van der Waals surface area contributed by atoms with Crippen molar-refractivity contribution in [3.05, 3.63) is 29.8 Å². The first-order valence-corrected chi connectivity index (χ1v) is 7.38. The monoisotopic (exact) mass is 304 g/mol. The van der Waals surface area contributed by atoms with Crippen LogP contribution in [0.25, 0.3) is 0 Å². The fourth-order valence-electron chi connectivity index (χ4n) is 1.79. The highest BCUT2D eigenvalue weighted by Gasteiger charge is 2.41. The van der Waals surface area contributed by atoms with Gasteiger partial charge in [0.1, 0.15) is 12.2 Å². The van der Waals surface area contributed by atoms with Crippen molar-refractivity contribution in [1.29, 1.82) is 0 Å². The number of hydrogen-bond acceptors (Lipinski definition) is 7. The van der Waals surface area contributed by atoms with Crippen LogP contribution in [-0.2, 0) is 19.0 Å². The Hall–Kier alpha value is -1.03. The van der Waals surface area contributed by atoms with E-state index in [1.54, 1.807) is 19.1 Å². The van der Waals surface area contributed by atoms with Crippen LogP contribution in [0.3, 0.4) is 0 Å². The zero-order valence-corrected chi connectivity index (χ0v) is 11.5. The van der Waals surface area contributed by atoms with Gasteiger partial charge in [0.15, 0.2) is 12.4 Å². The number of rotatable bonds is 3. The maximum absolute atomic E-state index is 12.0. The lowest BCUT2D eigenvalue weighted by atomic mass is 10.1. The van der Waals surface area contributed by atoms with Crippen LogP contribution in [0.2, 0.25) is 0 Å². The molecule has 1 heterocycles. The van der Waals surface area contributed by atoms with Gasteiger partial charge >= 0.3 is 0 Å². The molecule has 0 radical (unpaired) electrons. The summed E-state index contributed by atoms with van der Waals surface area (Å²) in [5.41, 5.74) is 0.875. The van der Waals surface area contributed by atoms with E-state index in [-0.39, 0.29) is 11.5 Å². The lowest BCUT2D eigenvalue weighted by Crippen LogP contribution is -2.54. The molecule has 0 saturated carbocycles. The largest absolute Gasteiger partial charge is 0.388 e. The number of benzene rings is 1. The first kappa shape index (κ1) is 15.4. The molecule has 1 saturated heterocycles. The van der Waals surface area contributed by atoms with Gasteiger partial charge in [-0.3, -0.25) is 4.18 Å². The zero-order chi connectivity index (χ0) is 14.9. The third kappa shape index (κ3) is 3.17. The number of aliphatic hydroxyl groups excluding tert-OH is 3. The Bertz CT molecular complexity index is 554. The first-order valence-electron chi connectivity index (χ1n) is 5.97. The SMILES string of the molecule is Cc1ccc(S(=O)(=O)O[C@H]2[C@@H](O)[C@@H](O)CO[C@H]2O)cc1. The highest BCUT2D eigenvalue weighted by atomic mass is 32.2. The van der Waals surface area contributed by atoms with Gasteiger partial charge in [-0.15, -0.1) is 0 Å². The minimum absolute atomic E-state index is 0.109. The van der Waals surface area contributed by atoms with Crippen LogP contribution in [0.5, 0.6) is 0 Å². The van der Waals surface area contributed by atoms with Crippen molar-refractivity contribution in [2.45, 2.75) is 36.4 Å². The van der Waals surface area contributed by atoms with E-state index < -0.39 is 34.7 Å². The maximum Gasteiger partial charge on any atom is 0.297 e. The molecule has 0 spiro atoms. The van der Waals surface area contributed by atoms with E-state index in [9.17, 15) is 23.7 Å². The second-order valence-electron chi connectivity index (χ2n) is 4.61. The molecule has 8 heteroatoms. The molecular formula is C12H16O7S. The summed E-state index contributed by atoms with van der Waals surface area (Å²) < 4.78 is 33.6. The van der Waals surface area contributed by atoms with Crippen LogP contribution in [0.4, 0.5) is 0 Å². The van der Waals surface area contributed by atoms with Crippen molar-refractivity contribution < 1.29 is 32.7 Å². The van der Waals surface area contributed by atoms with Crippen molar-refractivity contribution in [3.8, 4) is 0 Å². The van der Waals surface area contributed by atoms with Gasteiger partial charge in [-0.05, 0) is 19.1 Å².